The summed E-state index contributed by atoms with van der Waals surface area (Å²) in [4.78, 5) is 8.29. The first-order valence-electron chi connectivity index (χ1n) is 8.90. The Labute approximate surface area is 169 Å². The minimum absolute atomic E-state index is 0.0705. The standard InChI is InChI=1S/C18H23ClN6O2S/c1-13(2)25(12-14-7-5-4-6-8-14)28(26,27)10-9-20-17-16-15(11-21-24(16)3)22-18(19)23-17/h4-8,11,13H,9-10,12H2,1-3H3,(H,20,22,23). The van der Waals surface area contributed by atoms with Gasteiger partial charge in [-0.25, -0.2) is 13.4 Å². The maximum Gasteiger partial charge on any atom is 0.225 e. The largest absolute Gasteiger partial charge is 0.367 e. The van der Waals surface area contributed by atoms with Crippen molar-refractivity contribution in [3.05, 3.63) is 47.4 Å². The molecule has 150 valence electrons. The number of benzene rings is 1. The van der Waals surface area contributed by atoms with Gasteiger partial charge in [-0.05, 0) is 31.0 Å². The van der Waals surface area contributed by atoms with Crippen molar-refractivity contribution in [3.63, 3.8) is 0 Å². The van der Waals surface area contributed by atoms with E-state index in [-0.39, 0.29) is 23.6 Å². The Morgan fingerprint density at radius 3 is 2.61 bits per heavy atom. The lowest BCUT2D eigenvalue weighted by molar-refractivity contribution is 0.348. The van der Waals surface area contributed by atoms with E-state index in [4.69, 9.17) is 11.6 Å². The summed E-state index contributed by atoms with van der Waals surface area (Å²) in [5.74, 6) is 0.392. The van der Waals surface area contributed by atoms with Crippen molar-refractivity contribution in [2.75, 3.05) is 17.6 Å². The van der Waals surface area contributed by atoms with Gasteiger partial charge in [-0.2, -0.15) is 14.4 Å². The molecule has 28 heavy (non-hydrogen) atoms. The zero-order valence-corrected chi connectivity index (χ0v) is 17.6. The second-order valence-electron chi connectivity index (χ2n) is 6.71. The second kappa shape index (κ2) is 8.42. The van der Waals surface area contributed by atoms with Gasteiger partial charge in [0.15, 0.2) is 5.82 Å². The van der Waals surface area contributed by atoms with E-state index in [1.807, 2.05) is 44.2 Å². The highest BCUT2D eigenvalue weighted by Gasteiger charge is 2.25. The molecule has 0 aliphatic rings. The Balaban J connectivity index is 1.73. The highest BCUT2D eigenvalue weighted by atomic mass is 35.5. The van der Waals surface area contributed by atoms with Crippen LogP contribution in [0, 0.1) is 0 Å². The van der Waals surface area contributed by atoms with Crippen molar-refractivity contribution in [2.45, 2.75) is 26.4 Å². The van der Waals surface area contributed by atoms with E-state index in [2.05, 4.69) is 20.4 Å². The quantitative estimate of drug-likeness (QED) is 0.561. The monoisotopic (exact) mass is 422 g/mol. The van der Waals surface area contributed by atoms with Crippen LogP contribution in [0.4, 0.5) is 5.82 Å². The van der Waals surface area contributed by atoms with Crippen molar-refractivity contribution in [1.29, 1.82) is 0 Å². The molecule has 0 atom stereocenters. The highest BCUT2D eigenvalue weighted by Crippen LogP contribution is 2.21. The van der Waals surface area contributed by atoms with Crippen molar-refractivity contribution >= 4 is 38.5 Å². The lowest BCUT2D eigenvalue weighted by Gasteiger charge is -2.26. The van der Waals surface area contributed by atoms with E-state index in [0.29, 0.717) is 23.4 Å². The molecule has 0 aliphatic carbocycles. The molecule has 2 aromatic heterocycles. The average Bonchev–Trinajstić information content (AvgIpc) is 3.00. The van der Waals surface area contributed by atoms with E-state index in [0.717, 1.165) is 5.56 Å². The van der Waals surface area contributed by atoms with Crippen LogP contribution in [0.3, 0.4) is 0 Å². The average molecular weight is 423 g/mol. The number of aryl methyl sites for hydroxylation is 1. The molecular formula is C18H23ClN6O2S. The van der Waals surface area contributed by atoms with Crippen LogP contribution in [-0.2, 0) is 23.6 Å². The Kier molecular flexibility index (Phi) is 6.17. The number of nitrogens with one attached hydrogen (secondary N) is 1. The molecule has 0 saturated carbocycles. The molecule has 3 rings (SSSR count). The van der Waals surface area contributed by atoms with Gasteiger partial charge in [-0.3, -0.25) is 4.68 Å². The van der Waals surface area contributed by atoms with Crippen LogP contribution in [0.25, 0.3) is 11.0 Å². The number of anilines is 1. The highest BCUT2D eigenvalue weighted by molar-refractivity contribution is 7.89. The number of hydrogen-bond acceptors (Lipinski definition) is 6. The van der Waals surface area contributed by atoms with Crippen molar-refractivity contribution < 1.29 is 8.42 Å². The summed E-state index contributed by atoms with van der Waals surface area (Å²) < 4.78 is 29.0. The van der Waals surface area contributed by atoms with Crippen LogP contribution in [0.5, 0.6) is 0 Å². The summed E-state index contributed by atoms with van der Waals surface area (Å²) in [5, 5.41) is 7.29. The maximum absolute atomic E-state index is 12.9. The molecule has 0 aliphatic heterocycles. The van der Waals surface area contributed by atoms with E-state index < -0.39 is 10.0 Å². The SMILES string of the molecule is CC(C)N(Cc1ccccc1)S(=O)(=O)CCNc1nc(Cl)nc2cnn(C)c12. The van der Waals surface area contributed by atoms with Gasteiger partial charge in [-0.15, -0.1) is 0 Å². The number of halogens is 1. The van der Waals surface area contributed by atoms with Crippen molar-refractivity contribution in [2.24, 2.45) is 7.05 Å². The smallest absolute Gasteiger partial charge is 0.225 e. The summed E-state index contributed by atoms with van der Waals surface area (Å²) in [6.07, 6.45) is 1.59. The molecule has 0 saturated heterocycles. The number of rotatable bonds is 8. The van der Waals surface area contributed by atoms with E-state index in [9.17, 15) is 8.42 Å². The molecule has 0 amide bonds. The van der Waals surface area contributed by atoms with E-state index >= 15 is 0 Å². The van der Waals surface area contributed by atoms with Gasteiger partial charge in [-0.1, -0.05) is 30.3 Å². The van der Waals surface area contributed by atoms with Gasteiger partial charge < -0.3 is 5.32 Å². The molecule has 0 radical (unpaired) electrons. The topological polar surface area (TPSA) is 93.0 Å². The van der Waals surface area contributed by atoms with Crippen LogP contribution in [-0.4, -0.2) is 50.8 Å². The fourth-order valence-corrected chi connectivity index (χ4v) is 4.71. The minimum atomic E-state index is -3.48. The molecule has 0 spiro atoms. The molecule has 1 N–H and O–H groups in total. The first-order chi connectivity index (χ1) is 13.3. The molecule has 0 bridgehead atoms. The summed E-state index contributed by atoms with van der Waals surface area (Å²) in [6, 6.07) is 9.41. The van der Waals surface area contributed by atoms with Crippen LogP contribution in [0.1, 0.15) is 19.4 Å². The van der Waals surface area contributed by atoms with Gasteiger partial charge in [0, 0.05) is 26.2 Å². The lowest BCUT2D eigenvalue weighted by Crippen LogP contribution is -2.39. The first-order valence-corrected chi connectivity index (χ1v) is 10.9. The normalized spacial score (nSPS) is 12.2. The third kappa shape index (κ3) is 4.60. The van der Waals surface area contributed by atoms with E-state index in [1.54, 1.807) is 17.9 Å². The molecule has 2 heterocycles. The van der Waals surface area contributed by atoms with Gasteiger partial charge >= 0.3 is 0 Å². The third-order valence-corrected chi connectivity index (χ3v) is 6.48. The molecule has 0 fully saturated rings. The van der Waals surface area contributed by atoms with Crippen molar-refractivity contribution in [1.82, 2.24) is 24.1 Å². The fraction of sp³-hybridized carbons (Fsp3) is 0.389. The molecule has 3 aromatic rings. The van der Waals surface area contributed by atoms with Gasteiger partial charge in [0.1, 0.15) is 11.0 Å². The molecule has 1 aromatic carbocycles. The summed E-state index contributed by atoms with van der Waals surface area (Å²) >= 11 is 5.96. The number of aromatic nitrogens is 4. The lowest BCUT2D eigenvalue weighted by atomic mass is 10.2. The Morgan fingerprint density at radius 1 is 1.21 bits per heavy atom. The second-order valence-corrected chi connectivity index (χ2v) is 9.09. The molecule has 10 heteroatoms. The van der Waals surface area contributed by atoms with E-state index in [1.165, 1.54) is 4.31 Å². The van der Waals surface area contributed by atoms with Gasteiger partial charge in [0.2, 0.25) is 15.3 Å². The fourth-order valence-electron chi connectivity index (χ4n) is 2.96. The summed E-state index contributed by atoms with van der Waals surface area (Å²) in [7, 11) is -1.71. The van der Waals surface area contributed by atoms with Gasteiger partial charge in [0.05, 0.1) is 11.9 Å². The molecule has 0 unspecified atom stereocenters. The minimum Gasteiger partial charge on any atom is -0.367 e. The third-order valence-electron chi connectivity index (χ3n) is 4.33. The Morgan fingerprint density at radius 2 is 1.93 bits per heavy atom. The predicted molar refractivity (Wildman–Crippen MR) is 111 cm³/mol. The predicted octanol–water partition coefficient (Wildman–Crippen LogP) is 2.67. The first kappa shape index (κ1) is 20.5. The number of fused-ring (bicyclic) bond motifs is 1. The Hall–Kier alpha value is -2.23. The zero-order chi connectivity index (χ0) is 20.3. The van der Waals surface area contributed by atoms with Crippen LogP contribution in [0.2, 0.25) is 5.28 Å². The Bertz CT molecular complexity index is 1050. The number of nitrogens with zero attached hydrogens (tertiary/aromatic N) is 5. The maximum atomic E-state index is 12.9. The summed E-state index contributed by atoms with van der Waals surface area (Å²) in [6.45, 7) is 4.27. The number of sulfonamides is 1. The molecular weight excluding hydrogens is 400 g/mol. The van der Waals surface area contributed by atoms with Crippen LogP contribution in [0.15, 0.2) is 36.5 Å². The molecule has 8 nitrogen and oxygen atoms in total. The van der Waals surface area contributed by atoms with Crippen LogP contribution < -0.4 is 5.32 Å². The zero-order valence-electron chi connectivity index (χ0n) is 16.0. The van der Waals surface area contributed by atoms with Crippen LogP contribution >= 0.6 is 11.6 Å². The van der Waals surface area contributed by atoms with Gasteiger partial charge in [0.25, 0.3) is 0 Å². The number of hydrogen-bond donors (Lipinski definition) is 1. The van der Waals surface area contributed by atoms with Crippen molar-refractivity contribution in [3.8, 4) is 0 Å². The summed E-state index contributed by atoms with van der Waals surface area (Å²) in [5.41, 5.74) is 2.22.